The van der Waals surface area contributed by atoms with Crippen molar-refractivity contribution >= 4 is 33.2 Å². The highest BCUT2D eigenvalue weighted by atomic mass is 32.2. The Hall–Kier alpha value is -3.83. The van der Waals surface area contributed by atoms with Crippen LogP contribution in [0.4, 0.5) is 11.5 Å². The van der Waals surface area contributed by atoms with Crippen LogP contribution in [0.15, 0.2) is 59.8 Å². The fourth-order valence-electron chi connectivity index (χ4n) is 3.91. The molecule has 3 aromatic rings. The maximum Gasteiger partial charge on any atom is 0.277 e. The van der Waals surface area contributed by atoms with Gasteiger partial charge in [-0.2, -0.15) is 0 Å². The van der Waals surface area contributed by atoms with Gasteiger partial charge in [0.15, 0.2) is 15.5 Å². The number of amides is 2. The number of sulfone groups is 1. The Balaban J connectivity index is 1.56. The molecule has 0 radical (unpaired) electrons. The number of anilines is 2. The summed E-state index contributed by atoms with van der Waals surface area (Å²) in [5, 5.41) is 8.69. The summed E-state index contributed by atoms with van der Waals surface area (Å²) in [4.78, 5) is 34.5. The van der Waals surface area contributed by atoms with Gasteiger partial charge < -0.3 is 20.7 Å². The second-order valence-electron chi connectivity index (χ2n) is 8.98. The third-order valence-corrected chi connectivity index (χ3v) is 7.03. The number of rotatable bonds is 8. The Morgan fingerprint density at radius 3 is 2.65 bits per heavy atom. The van der Waals surface area contributed by atoms with Gasteiger partial charge in [-0.3, -0.25) is 9.59 Å². The van der Waals surface area contributed by atoms with E-state index in [0.717, 1.165) is 37.8 Å². The molecule has 0 bridgehead atoms. The number of carbonyl (C=O) groups is 2. The highest BCUT2D eigenvalue weighted by Gasteiger charge is 2.22. The number of aromatic nitrogens is 2. The van der Waals surface area contributed by atoms with Crippen molar-refractivity contribution in [2.75, 3.05) is 36.6 Å². The number of aryl methyl sites for hydroxylation is 1. The first kappa shape index (κ1) is 26.2. The highest BCUT2D eigenvalue weighted by molar-refractivity contribution is 7.90. The lowest BCUT2D eigenvalue weighted by Crippen LogP contribution is -2.33. The van der Waals surface area contributed by atoms with Gasteiger partial charge >= 0.3 is 0 Å². The molecular weight excluding hydrogens is 494 g/mol. The number of ether oxygens (including phenoxy) is 1. The predicted octanol–water partition coefficient (Wildman–Crippen LogP) is 3.07. The summed E-state index contributed by atoms with van der Waals surface area (Å²) in [5.41, 5.74) is 1.28. The molecule has 1 saturated heterocycles. The van der Waals surface area contributed by atoms with Gasteiger partial charge in [0.2, 0.25) is 0 Å². The van der Waals surface area contributed by atoms with Crippen LogP contribution in [0, 0.1) is 12.8 Å². The van der Waals surface area contributed by atoms with Crippen molar-refractivity contribution in [3.63, 3.8) is 0 Å². The van der Waals surface area contributed by atoms with Gasteiger partial charge in [-0.25, -0.2) is 18.4 Å². The molecule has 2 aromatic heterocycles. The minimum Gasteiger partial charge on any atom is -0.492 e. The first-order chi connectivity index (χ1) is 17.7. The molecule has 1 aliphatic heterocycles. The molecule has 2 amide bonds. The van der Waals surface area contributed by atoms with E-state index in [1.807, 2.05) is 13.0 Å². The Kier molecular flexibility index (Phi) is 8.14. The lowest BCUT2D eigenvalue weighted by atomic mass is 10.0. The summed E-state index contributed by atoms with van der Waals surface area (Å²) in [6.45, 7) is 3.97. The monoisotopic (exact) mass is 523 g/mol. The Labute approximate surface area is 215 Å². The topological polar surface area (TPSA) is 139 Å². The van der Waals surface area contributed by atoms with Crippen LogP contribution in [0.25, 0.3) is 0 Å². The number of pyridine rings is 2. The largest absolute Gasteiger partial charge is 0.492 e. The number of hydrogen-bond donors (Lipinski definition) is 3. The second kappa shape index (κ2) is 11.5. The van der Waals surface area contributed by atoms with Crippen molar-refractivity contribution in [3.05, 3.63) is 71.7 Å². The lowest BCUT2D eigenvalue weighted by Gasteiger charge is -2.23. The molecule has 1 aliphatic rings. The normalized spacial score (nSPS) is 15.6. The number of piperidine rings is 1. The molecule has 3 N–H and O–H groups in total. The van der Waals surface area contributed by atoms with Crippen molar-refractivity contribution in [1.82, 2.24) is 15.3 Å². The van der Waals surface area contributed by atoms with Gasteiger partial charge in [-0.15, -0.1) is 0 Å². The SMILES string of the molecule is Cc1ccc(NC(=O)c2ncccc2NC(=O)c2ccc(S(C)(=O)=O)cc2OCC2CCCNC2)nc1. The Morgan fingerprint density at radius 1 is 1.11 bits per heavy atom. The standard InChI is InChI=1S/C26H29N5O5S/c1-17-7-10-23(29-14-17)31-26(33)24-21(6-4-12-28-24)30-25(32)20-9-8-19(37(2,34)35)13-22(20)36-16-18-5-3-11-27-15-18/h4,6-10,12-14,18,27H,3,5,11,15-16H2,1-2H3,(H,30,32)(H,29,31,33). The Bertz CT molecular complexity index is 1390. The molecule has 37 heavy (non-hydrogen) atoms. The summed E-state index contributed by atoms with van der Waals surface area (Å²) in [5.74, 6) is -0.351. The van der Waals surface area contributed by atoms with E-state index >= 15 is 0 Å². The molecule has 1 unspecified atom stereocenters. The van der Waals surface area contributed by atoms with Crippen LogP contribution in [0.1, 0.15) is 39.3 Å². The van der Waals surface area contributed by atoms with Gasteiger partial charge in [0.1, 0.15) is 11.6 Å². The fourth-order valence-corrected chi connectivity index (χ4v) is 4.54. The molecule has 0 aliphatic carbocycles. The maximum atomic E-state index is 13.3. The van der Waals surface area contributed by atoms with Crippen LogP contribution in [-0.2, 0) is 9.84 Å². The van der Waals surface area contributed by atoms with Crippen molar-refractivity contribution in [2.24, 2.45) is 5.92 Å². The van der Waals surface area contributed by atoms with E-state index in [4.69, 9.17) is 4.74 Å². The molecule has 0 saturated carbocycles. The number of benzene rings is 1. The predicted molar refractivity (Wildman–Crippen MR) is 140 cm³/mol. The van der Waals surface area contributed by atoms with Crippen LogP contribution < -0.4 is 20.7 Å². The molecule has 1 fully saturated rings. The molecule has 3 heterocycles. The highest BCUT2D eigenvalue weighted by Crippen LogP contribution is 2.26. The minimum atomic E-state index is -3.51. The van der Waals surface area contributed by atoms with Crippen LogP contribution in [-0.4, -0.2) is 56.2 Å². The number of hydrogen-bond acceptors (Lipinski definition) is 8. The van der Waals surface area contributed by atoms with E-state index in [9.17, 15) is 18.0 Å². The van der Waals surface area contributed by atoms with Crippen LogP contribution >= 0.6 is 0 Å². The van der Waals surface area contributed by atoms with Gasteiger partial charge in [-0.05, 0) is 68.3 Å². The summed E-state index contributed by atoms with van der Waals surface area (Å²) in [6, 6.07) is 10.8. The minimum absolute atomic E-state index is 0.00160. The lowest BCUT2D eigenvalue weighted by molar-refractivity contribution is 0.102. The smallest absolute Gasteiger partial charge is 0.277 e. The number of nitrogens with one attached hydrogen (secondary N) is 3. The fraction of sp³-hybridized carbons (Fsp3) is 0.308. The van der Waals surface area contributed by atoms with E-state index in [0.29, 0.717) is 12.4 Å². The zero-order chi connectivity index (χ0) is 26.4. The molecule has 11 heteroatoms. The zero-order valence-electron chi connectivity index (χ0n) is 20.7. The molecule has 194 valence electrons. The van der Waals surface area contributed by atoms with E-state index in [2.05, 4.69) is 25.9 Å². The van der Waals surface area contributed by atoms with Crippen molar-refractivity contribution in [1.29, 1.82) is 0 Å². The van der Waals surface area contributed by atoms with E-state index in [1.165, 1.54) is 24.4 Å². The molecule has 0 spiro atoms. The second-order valence-corrected chi connectivity index (χ2v) is 11.0. The van der Waals surface area contributed by atoms with E-state index in [1.54, 1.807) is 24.4 Å². The van der Waals surface area contributed by atoms with E-state index < -0.39 is 21.7 Å². The molecule has 1 aromatic carbocycles. The third-order valence-electron chi connectivity index (χ3n) is 5.92. The summed E-state index contributed by atoms with van der Waals surface area (Å²) in [6.07, 6.45) is 6.17. The van der Waals surface area contributed by atoms with Gasteiger partial charge in [-0.1, -0.05) is 6.07 Å². The summed E-state index contributed by atoms with van der Waals surface area (Å²) < 4.78 is 30.2. The van der Waals surface area contributed by atoms with Crippen molar-refractivity contribution < 1.29 is 22.7 Å². The van der Waals surface area contributed by atoms with Crippen LogP contribution in [0.5, 0.6) is 5.75 Å². The Morgan fingerprint density at radius 2 is 1.95 bits per heavy atom. The van der Waals surface area contributed by atoms with Crippen molar-refractivity contribution in [2.45, 2.75) is 24.7 Å². The summed E-state index contributed by atoms with van der Waals surface area (Å²) >= 11 is 0. The molecule has 10 nitrogen and oxygen atoms in total. The molecular formula is C26H29N5O5S. The average Bonchev–Trinajstić information content (AvgIpc) is 2.89. The number of nitrogens with zero attached hydrogens (tertiary/aromatic N) is 2. The maximum absolute atomic E-state index is 13.3. The number of carbonyl (C=O) groups excluding carboxylic acids is 2. The molecule has 4 rings (SSSR count). The zero-order valence-corrected chi connectivity index (χ0v) is 21.5. The van der Waals surface area contributed by atoms with Crippen LogP contribution in [0.3, 0.4) is 0 Å². The van der Waals surface area contributed by atoms with Gasteiger partial charge in [0.25, 0.3) is 11.8 Å². The molecule has 1 atom stereocenters. The third kappa shape index (κ3) is 6.89. The average molecular weight is 524 g/mol. The summed E-state index contributed by atoms with van der Waals surface area (Å²) in [7, 11) is -3.51. The first-order valence-corrected chi connectivity index (χ1v) is 13.8. The van der Waals surface area contributed by atoms with Crippen molar-refractivity contribution in [3.8, 4) is 5.75 Å². The van der Waals surface area contributed by atoms with E-state index in [-0.39, 0.29) is 33.5 Å². The van der Waals surface area contributed by atoms with Gasteiger partial charge in [0.05, 0.1) is 22.8 Å². The quantitative estimate of drug-likeness (QED) is 0.409. The van der Waals surface area contributed by atoms with Gasteiger partial charge in [0, 0.05) is 31.1 Å². The van der Waals surface area contributed by atoms with Crippen LogP contribution in [0.2, 0.25) is 0 Å². The first-order valence-electron chi connectivity index (χ1n) is 11.9.